The van der Waals surface area contributed by atoms with E-state index < -0.39 is 0 Å². The predicted octanol–water partition coefficient (Wildman–Crippen LogP) is 1.75. The number of rotatable bonds is 3. The van der Waals surface area contributed by atoms with E-state index in [2.05, 4.69) is 25.0 Å². The molecule has 0 radical (unpaired) electrons. The van der Waals surface area contributed by atoms with Crippen LogP contribution in [0.25, 0.3) is 0 Å². The molecule has 2 saturated heterocycles. The van der Waals surface area contributed by atoms with Crippen LogP contribution in [0, 0.1) is 6.92 Å². The SMILES string of the molecule is Cc1nc(C2CCCN2C(=O)c2ccnc(N3CCCC3)n2)no1. The number of hydrogen-bond acceptors (Lipinski definition) is 7. The number of amides is 1. The van der Waals surface area contributed by atoms with Crippen molar-refractivity contribution in [3.05, 3.63) is 29.7 Å². The fourth-order valence-corrected chi connectivity index (χ4v) is 3.41. The zero-order valence-corrected chi connectivity index (χ0v) is 13.7. The zero-order chi connectivity index (χ0) is 16.5. The molecular weight excluding hydrogens is 308 g/mol. The first-order valence-electron chi connectivity index (χ1n) is 8.41. The van der Waals surface area contributed by atoms with E-state index in [1.165, 1.54) is 0 Å². The van der Waals surface area contributed by atoms with E-state index in [0.717, 1.165) is 38.8 Å². The van der Waals surface area contributed by atoms with E-state index in [9.17, 15) is 4.79 Å². The second-order valence-corrected chi connectivity index (χ2v) is 6.26. The van der Waals surface area contributed by atoms with E-state index in [1.54, 1.807) is 24.1 Å². The topological polar surface area (TPSA) is 88.3 Å². The third-order valence-electron chi connectivity index (χ3n) is 4.61. The summed E-state index contributed by atoms with van der Waals surface area (Å²) in [5, 5.41) is 3.98. The van der Waals surface area contributed by atoms with Gasteiger partial charge < -0.3 is 14.3 Å². The maximum absolute atomic E-state index is 12.9. The van der Waals surface area contributed by atoms with Gasteiger partial charge in [0.25, 0.3) is 5.91 Å². The molecule has 4 heterocycles. The summed E-state index contributed by atoms with van der Waals surface area (Å²) in [6.07, 6.45) is 5.72. The van der Waals surface area contributed by atoms with Gasteiger partial charge in [0.1, 0.15) is 5.69 Å². The summed E-state index contributed by atoms with van der Waals surface area (Å²) in [7, 11) is 0. The Labute approximate surface area is 139 Å². The van der Waals surface area contributed by atoms with Crippen LogP contribution in [0.1, 0.15) is 53.9 Å². The Morgan fingerprint density at radius 1 is 1.21 bits per heavy atom. The van der Waals surface area contributed by atoms with Crippen molar-refractivity contribution >= 4 is 11.9 Å². The van der Waals surface area contributed by atoms with Gasteiger partial charge in [-0.1, -0.05) is 5.16 Å². The number of carbonyl (C=O) groups excluding carboxylic acids is 1. The highest BCUT2D eigenvalue weighted by Gasteiger charge is 2.34. The van der Waals surface area contributed by atoms with Crippen LogP contribution in [0.3, 0.4) is 0 Å². The molecule has 1 atom stereocenters. The summed E-state index contributed by atoms with van der Waals surface area (Å²) in [5.41, 5.74) is 0.430. The molecule has 2 aromatic rings. The quantitative estimate of drug-likeness (QED) is 0.848. The van der Waals surface area contributed by atoms with Crippen molar-refractivity contribution < 1.29 is 9.32 Å². The van der Waals surface area contributed by atoms with Crippen LogP contribution in [-0.2, 0) is 0 Å². The highest BCUT2D eigenvalue weighted by atomic mass is 16.5. The van der Waals surface area contributed by atoms with Gasteiger partial charge >= 0.3 is 0 Å². The van der Waals surface area contributed by atoms with Crippen molar-refractivity contribution in [2.75, 3.05) is 24.5 Å². The van der Waals surface area contributed by atoms with Crippen LogP contribution in [0.2, 0.25) is 0 Å². The lowest BCUT2D eigenvalue weighted by Gasteiger charge is -2.22. The van der Waals surface area contributed by atoms with Crippen molar-refractivity contribution in [3.8, 4) is 0 Å². The molecule has 1 amide bonds. The molecular formula is C16H20N6O2. The third-order valence-corrected chi connectivity index (χ3v) is 4.61. The molecule has 2 fully saturated rings. The van der Waals surface area contributed by atoms with Crippen LogP contribution >= 0.6 is 0 Å². The first-order valence-corrected chi connectivity index (χ1v) is 8.41. The number of likely N-dealkylation sites (tertiary alicyclic amines) is 1. The lowest BCUT2D eigenvalue weighted by molar-refractivity contribution is 0.0722. The first kappa shape index (κ1) is 15.0. The molecule has 24 heavy (non-hydrogen) atoms. The molecule has 126 valence electrons. The molecule has 2 aliphatic rings. The third kappa shape index (κ3) is 2.72. The fourth-order valence-electron chi connectivity index (χ4n) is 3.41. The standard InChI is InChI=1S/C16H20N6O2/c1-11-18-14(20-24-11)13-5-4-10-22(13)15(23)12-6-7-17-16(19-12)21-8-2-3-9-21/h6-7,13H,2-5,8-10H2,1H3. The maximum atomic E-state index is 12.9. The summed E-state index contributed by atoms with van der Waals surface area (Å²) in [4.78, 5) is 29.9. The molecule has 0 saturated carbocycles. The molecule has 2 aliphatic heterocycles. The lowest BCUT2D eigenvalue weighted by Crippen LogP contribution is -2.32. The minimum atomic E-state index is -0.139. The van der Waals surface area contributed by atoms with Crippen molar-refractivity contribution in [2.24, 2.45) is 0 Å². The van der Waals surface area contributed by atoms with Gasteiger partial charge in [0.05, 0.1) is 6.04 Å². The molecule has 0 aliphatic carbocycles. The van der Waals surface area contributed by atoms with Crippen molar-refractivity contribution in [3.63, 3.8) is 0 Å². The van der Waals surface area contributed by atoms with Crippen LogP contribution in [0.5, 0.6) is 0 Å². The molecule has 0 bridgehead atoms. The van der Waals surface area contributed by atoms with Gasteiger partial charge in [0, 0.05) is 32.8 Å². The van der Waals surface area contributed by atoms with Gasteiger partial charge in [-0.05, 0) is 31.7 Å². The van der Waals surface area contributed by atoms with Gasteiger partial charge in [-0.3, -0.25) is 4.79 Å². The number of hydrogen-bond donors (Lipinski definition) is 0. The molecule has 0 aromatic carbocycles. The average Bonchev–Trinajstić information content (AvgIpc) is 3.35. The van der Waals surface area contributed by atoms with Gasteiger partial charge in [-0.25, -0.2) is 9.97 Å². The minimum Gasteiger partial charge on any atom is -0.341 e. The molecule has 2 aromatic heterocycles. The second-order valence-electron chi connectivity index (χ2n) is 6.26. The summed E-state index contributed by atoms with van der Waals surface area (Å²) in [6, 6.07) is 1.54. The Kier molecular flexibility index (Phi) is 3.87. The predicted molar refractivity (Wildman–Crippen MR) is 85.5 cm³/mol. The number of nitrogens with zero attached hydrogens (tertiary/aromatic N) is 6. The van der Waals surface area contributed by atoms with E-state index in [1.807, 2.05) is 0 Å². The number of aromatic nitrogens is 4. The Bertz CT molecular complexity index is 740. The van der Waals surface area contributed by atoms with Crippen molar-refractivity contribution in [2.45, 2.75) is 38.6 Å². The van der Waals surface area contributed by atoms with Gasteiger partial charge in [0.2, 0.25) is 11.8 Å². The number of carbonyl (C=O) groups is 1. The second kappa shape index (κ2) is 6.18. The van der Waals surface area contributed by atoms with E-state index in [0.29, 0.717) is 29.9 Å². The van der Waals surface area contributed by atoms with Crippen LogP contribution in [0.4, 0.5) is 5.95 Å². The molecule has 0 spiro atoms. The molecule has 8 nitrogen and oxygen atoms in total. The molecule has 0 N–H and O–H groups in total. The monoisotopic (exact) mass is 328 g/mol. The summed E-state index contributed by atoms with van der Waals surface area (Å²) < 4.78 is 5.07. The zero-order valence-electron chi connectivity index (χ0n) is 13.7. The summed E-state index contributed by atoms with van der Waals surface area (Å²) >= 11 is 0. The summed E-state index contributed by atoms with van der Waals surface area (Å²) in [6.45, 7) is 4.34. The number of anilines is 1. The Hall–Kier alpha value is -2.51. The normalized spacial score (nSPS) is 20.8. The average molecular weight is 328 g/mol. The smallest absolute Gasteiger partial charge is 0.273 e. The lowest BCUT2D eigenvalue weighted by atomic mass is 10.2. The first-order chi connectivity index (χ1) is 11.7. The number of aryl methyl sites for hydroxylation is 1. The Morgan fingerprint density at radius 2 is 2.04 bits per heavy atom. The van der Waals surface area contributed by atoms with Crippen molar-refractivity contribution in [1.29, 1.82) is 0 Å². The van der Waals surface area contributed by atoms with Crippen LogP contribution in [-0.4, -0.2) is 50.5 Å². The highest BCUT2D eigenvalue weighted by Crippen LogP contribution is 2.31. The molecule has 1 unspecified atom stereocenters. The minimum absolute atomic E-state index is 0.0946. The van der Waals surface area contributed by atoms with Gasteiger partial charge in [0.15, 0.2) is 5.82 Å². The van der Waals surface area contributed by atoms with E-state index in [4.69, 9.17) is 4.52 Å². The maximum Gasteiger partial charge on any atom is 0.273 e. The van der Waals surface area contributed by atoms with E-state index >= 15 is 0 Å². The van der Waals surface area contributed by atoms with Crippen LogP contribution in [0.15, 0.2) is 16.8 Å². The fraction of sp³-hybridized carbons (Fsp3) is 0.562. The van der Waals surface area contributed by atoms with Crippen molar-refractivity contribution in [1.82, 2.24) is 25.0 Å². The Morgan fingerprint density at radius 3 is 2.79 bits per heavy atom. The summed E-state index contributed by atoms with van der Waals surface area (Å²) in [5.74, 6) is 1.64. The Balaban J connectivity index is 1.57. The van der Waals surface area contributed by atoms with Crippen LogP contribution < -0.4 is 4.90 Å². The largest absolute Gasteiger partial charge is 0.341 e. The van der Waals surface area contributed by atoms with Gasteiger partial charge in [-0.2, -0.15) is 4.98 Å². The highest BCUT2D eigenvalue weighted by molar-refractivity contribution is 5.93. The van der Waals surface area contributed by atoms with E-state index in [-0.39, 0.29) is 11.9 Å². The molecule has 4 rings (SSSR count). The molecule has 8 heteroatoms. The van der Waals surface area contributed by atoms with Gasteiger partial charge in [-0.15, -0.1) is 0 Å².